The molecule has 0 amide bonds. The Labute approximate surface area is 140 Å². The quantitative estimate of drug-likeness (QED) is 0.351. The predicted octanol–water partition coefficient (Wildman–Crippen LogP) is 4.69. The number of unbranched alkanes of at least 4 members (excludes halogenated alkanes) is 4. The van der Waals surface area contributed by atoms with E-state index >= 15 is 0 Å². The summed E-state index contributed by atoms with van der Waals surface area (Å²) in [6, 6.07) is 0. The first kappa shape index (κ1) is 21.6. The predicted molar refractivity (Wildman–Crippen MR) is 93.6 cm³/mol. The van der Waals surface area contributed by atoms with Crippen LogP contribution in [0.2, 0.25) is 0 Å². The standard InChI is InChI=1S/C19H32O4/c1-3-4-5-6-8-11-14-17(20)18(23-2)15-12-9-7-10-13-16-19(21)22/h4-5,8,11,18H,3,6-7,9-10,12-16H2,1-2H3,(H,21,22)/b5-4-,11-8-. The number of ether oxygens (including phenoxy) is 1. The maximum absolute atomic E-state index is 12.0. The third-order valence-corrected chi connectivity index (χ3v) is 3.66. The first-order chi connectivity index (χ1) is 11.1. The zero-order valence-electron chi connectivity index (χ0n) is 14.6. The Bertz CT molecular complexity index is 372. The Morgan fingerprint density at radius 3 is 2.30 bits per heavy atom. The van der Waals surface area contributed by atoms with E-state index in [1.807, 2.05) is 12.2 Å². The lowest BCUT2D eigenvalue weighted by molar-refractivity contribution is -0.137. The molecule has 0 aromatic rings. The van der Waals surface area contributed by atoms with E-state index in [0.717, 1.165) is 51.4 Å². The van der Waals surface area contributed by atoms with E-state index in [1.165, 1.54) is 0 Å². The minimum absolute atomic E-state index is 0.133. The number of rotatable bonds is 15. The van der Waals surface area contributed by atoms with Gasteiger partial charge in [-0.15, -0.1) is 0 Å². The fraction of sp³-hybridized carbons (Fsp3) is 0.684. The highest BCUT2D eigenvalue weighted by atomic mass is 16.5. The molecular weight excluding hydrogens is 292 g/mol. The fourth-order valence-corrected chi connectivity index (χ4v) is 2.32. The van der Waals surface area contributed by atoms with Crippen LogP contribution in [-0.4, -0.2) is 30.1 Å². The minimum Gasteiger partial charge on any atom is -0.481 e. The maximum atomic E-state index is 12.0. The van der Waals surface area contributed by atoms with Crippen LogP contribution in [0.3, 0.4) is 0 Å². The summed E-state index contributed by atoms with van der Waals surface area (Å²) in [7, 11) is 1.59. The Morgan fingerprint density at radius 2 is 1.65 bits per heavy atom. The van der Waals surface area contributed by atoms with Crippen LogP contribution < -0.4 is 0 Å². The molecule has 0 bridgehead atoms. The van der Waals surface area contributed by atoms with E-state index in [9.17, 15) is 9.59 Å². The second kappa shape index (κ2) is 15.5. The number of Topliss-reactive ketones (excluding diaryl/α,β-unsaturated/α-hetero) is 1. The SMILES string of the molecule is CC/C=C\C/C=C\CC(=O)C(CCCCCCCC(=O)O)OC. The molecule has 4 nitrogen and oxygen atoms in total. The summed E-state index contributed by atoms with van der Waals surface area (Å²) in [4.78, 5) is 22.4. The molecule has 0 aliphatic heterocycles. The molecule has 23 heavy (non-hydrogen) atoms. The summed E-state index contributed by atoms with van der Waals surface area (Å²) in [6.07, 6.45) is 15.8. The lowest BCUT2D eigenvalue weighted by Gasteiger charge is -2.13. The third kappa shape index (κ3) is 13.9. The molecule has 0 aromatic carbocycles. The van der Waals surface area contributed by atoms with Gasteiger partial charge in [0.25, 0.3) is 0 Å². The number of hydrogen-bond donors (Lipinski definition) is 1. The van der Waals surface area contributed by atoms with Crippen LogP contribution in [0, 0.1) is 0 Å². The van der Waals surface area contributed by atoms with Gasteiger partial charge in [0.05, 0.1) is 0 Å². The summed E-state index contributed by atoms with van der Waals surface area (Å²) >= 11 is 0. The number of carbonyl (C=O) groups is 2. The van der Waals surface area contributed by atoms with Crippen molar-refractivity contribution in [1.82, 2.24) is 0 Å². The van der Waals surface area contributed by atoms with Crippen LogP contribution in [0.5, 0.6) is 0 Å². The number of allylic oxidation sites excluding steroid dienone is 4. The van der Waals surface area contributed by atoms with Crippen molar-refractivity contribution in [2.45, 2.75) is 77.2 Å². The van der Waals surface area contributed by atoms with E-state index in [1.54, 1.807) is 7.11 Å². The number of hydrogen-bond acceptors (Lipinski definition) is 3. The van der Waals surface area contributed by atoms with Gasteiger partial charge in [-0.2, -0.15) is 0 Å². The van der Waals surface area contributed by atoms with Crippen molar-refractivity contribution in [3.63, 3.8) is 0 Å². The highest BCUT2D eigenvalue weighted by Crippen LogP contribution is 2.12. The Morgan fingerprint density at radius 1 is 1.00 bits per heavy atom. The van der Waals surface area contributed by atoms with E-state index in [4.69, 9.17) is 9.84 Å². The van der Waals surface area contributed by atoms with Crippen LogP contribution in [-0.2, 0) is 14.3 Å². The molecule has 0 saturated heterocycles. The Hall–Kier alpha value is -1.42. The molecule has 0 aliphatic carbocycles. The van der Waals surface area contributed by atoms with Crippen molar-refractivity contribution in [1.29, 1.82) is 0 Å². The third-order valence-electron chi connectivity index (χ3n) is 3.66. The van der Waals surface area contributed by atoms with Crippen molar-refractivity contribution in [3.05, 3.63) is 24.3 Å². The summed E-state index contributed by atoms with van der Waals surface area (Å²) < 4.78 is 5.29. The summed E-state index contributed by atoms with van der Waals surface area (Å²) in [5.74, 6) is -0.595. The second-order valence-corrected chi connectivity index (χ2v) is 5.68. The van der Waals surface area contributed by atoms with Crippen molar-refractivity contribution in [2.75, 3.05) is 7.11 Å². The molecule has 0 rings (SSSR count). The highest BCUT2D eigenvalue weighted by molar-refractivity contribution is 5.84. The van der Waals surface area contributed by atoms with Gasteiger partial charge < -0.3 is 9.84 Å². The average molecular weight is 324 g/mol. The molecule has 132 valence electrons. The molecular formula is C19H32O4. The summed E-state index contributed by atoms with van der Waals surface area (Å²) in [5, 5.41) is 8.55. The topological polar surface area (TPSA) is 63.6 Å². The molecule has 0 saturated carbocycles. The lowest BCUT2D eigenvalue weighted by Crippen LogP contribution is -2.22. The number of carboxylic acids is 1. The largest absolute Gasteiger partial charge is 0.481 e. The number of aliphatic carboxylic acids is 1. The molecule has 4 heteroatoms. The minimum atomic E-state index is -0.728. The Kier molecular flexibility index (Phi) is 14.5. The van der Waals surface area contributed by atoms with Gasteiger partial charge in [0.15, 0.2) is 5.78 Å². The van der Waals surface area contributed by atoms with Crippen LogP contribution in [0.15, 0.2) is 24.3 Å². The molecule has 1 unspecified atom stereocenters. The monoisotopic (exact) mass is 324 g/mol. The number of methoxy groups -OCH3 is 1. The molecule has 0 heterocycles. The molecule has 0 spiro atoms. The smallest absolute Gasteiger partial charge is 0.303 e. The van der Waals surface area contributed by atoms with E-state index in [-0.39, 0.29) is 18.3 Å². The van der Waals surface area contributed by atoms with E-state index < -0.39 is 5.97 Å². The molecule has 1 N–H and O–H groups in total. The fourth-order valence-electron chi connectivity index (χ4n) is 2.32. The van der Waals surface area contributed by atoms with Gasteiger partial charge in [-0.3, -0.25) is 9.59 Å². The van der Waals surface area contributed by atoms with Gasteiger partial charge in [0.1, 0.15) is 6.10 Å². The Balaban J connectivity index is 3.76. The summed E-state index contributed by atoms with van der Waals surface area (Å²) in [6.45, 7) is 2.10. The second-order valence-electron chi connectivity index (χ2n) is 5.68. The van der Waals surface area contributed by atoms with Crippen LogP contribution in [0.25, 0.3) is 0 Å². The van der Waals surface area contributed by atoms with Gasteiger partial charge in [0, 0.05) is 20.0 Å². The van der Waals surface area contributed by atoms with Gasteiger partial charge in [-0.1, -0.05) is 56.9 Å². The number of carbonyl (C=O) groups excluding carboxylic acids is 1. The zero-order chi connectivity index (χ0) is 17.3. The summed E-state index contributed by atoms with van der Waals surface area (Å²) in [5.41, 5.74) is 0. The zero-order valence-corrected chi connectivity index (χ0v) is 14.6. The lowest BCUT2D eigenvalue weighted by atomic mass is 10.0. The van der Waals surface area contributed by atoms with Crippen LogP contribution >= 0.6 is 0 Å². The van der Waals surface area contributed by atoms with Gasteiger partial charge in [0.2, 0.25) is 0 Å². The number of ketones is 1. The molecule has 0 aliphatic rings. The van der Waals surface area contributed by atoms with E-state index in [2.05, 4.69) is 19.1 Å². The van der Waals surface area contributed by atoms with Gasteiger partial charge in [-0.05, 0) is 25.7 Å². The first-order valence-electron chi connectivity index (χ1n) is 8.69. The maximum Gasteiger partial charge on any atom is 0.303 e. The van der Waals surface area contributed by atoms with Crippen molar-refractivity contribution >= 4 is 11.8 Å². The van der Waals surface area contributed by atoms with Crippen molar-refractivity contribution < 1.29 is 19.4 Å². The average Bonchev–Trinajstić information content (AvgIpc) is 2.53. The van der Waals surface area contributed by atoms with Crippen LogP contribution in [0.1, 0.15) is 71.1 Å². The van der Waals surface area contributed by atoms with Gasteiger partial charge in [-0.25, -0.2) is 0 Å². The molecule has 0 aromatic heterocycles. The highest BCUT2D eigenvalue weighted by Gasteiger charge is 2.15. The van der Waals surface area contributed by atoms with Crippen molar-refractivity contribution in [3.8, 4) is 0 Å². The molecule has 1 atom stereocenters. The normalized spacial score (nSPS) is 13.0. The van der Waals surface area contributed by atoms with E-state index in [0.29, 0.717) is 6.42 Å². The van der Waals surface area contributed by atoms with Crippen molar-refractivity contribution in [2.24, 2.45) is 0 Å². The number of carboxylic acid groups (broad SMARTS) is 1. The first-order valence-corrected chi connectivity index (χ1v) is 8.69. The molecule has 0 radical (unpaired) electrons. The van der Waals surface area contributed by atoms with Crippen LogP contribution in [0.4, 0.5) is 0 Å². The van der Waals surface area contributed by atoms with Gasteiger partial charge >= 0.3 is 5.97 Å². The molecule has 0 fully saturated rings.